The summed E-state index contributed by atoms with van der Waals surface area (Å²) in [4.78, 5) is 20.2. The van der Waals surface area contributed by atoms with Gasteiger partial charge in [-0.3, -0.25) is 4.79 Å². The van der Waals surface area contributed by atoms with Gasteiger partial charge in [0, 0.05) is 28.8 Å². The second kappa shape index (κ2) is 7.37. The molecule has 29 heavy (non-hydrogen) atoms. The molecule has 2 saturated carbocycles. The lowest BCUT2D eigenvalue weighted by atomic mass is 9.84. The van der Waals surface area contributed by atoms with Crippen molar-refractivity contribution < 1.29 is 19.0 Å². The first-order valence-corrected chi connectivity index (χ1v) is 10.8. The van der Waals surface area contributed by atoms with E-state index < -0.39 is 17.7 Å². The maximum Gasteiger partial charge on any atom is 0.308 e. The molecule has 152 valence electrons. The van der Waals surface area contributed by atoms with Gasteiger partial charge in [0.25, 0.3) is 0 Å². The van der Waals surface area contributed by atoms with Gasteiger partial charge in [0.15, 0.2) is 11.6 Å². The summed E-state index contributed by atoms with van der Waals surface area (Å²) >= 11 is 1.82. The van der Waals surface area contributed by atoms with E-state index in [0.717, 1.165) is 36.2 Å². The maximum atomic E-state index is 14.5. The third-order valence-corrected chi connectivity index (χ3v) is 7.42. The summed E-state index contributed by atoms with van der Waals surface area (Å²) in [6.07, 6.45) is 2.82. The minimum Gasteiger partial charge on any atom is -0.493 e. The van der Waals surface area contributed by atoms with Crippen LogP contribution in [0.5, 0.6) is 5.75 Å². The second-order valence-corrected chi connectivity index (χ2v) is 9.08. The number of carbonyl (C=O) groups is 1. The first-order valence-electron chi connectivity index (χ1n) is 9.72. The van der Waals surface area contributed by atoms with Crippen molar-refractivity contribution in [3.05, 3.63) is 36.3 Å². The average Bonchev–Trinajstić information content (AvgIpc) is 3.26. The number of aliphatic carboxylic acids is 1. The summed E-state index contributed by atoms with van der Waals surface area (Å²) in [6.45, 7) is 0.571. The third-order valence-electron chi connectivity index (χ3n) is 6.05. The highest BCUT2D eigenvalue weighted by atomic mass is 32.2. The van der Waals surface area contributed by atoms with Gasteiger partial charge in [-0.15, -0.1) is 0 Å². The van der Waals surface area contributed by atoms with Crippen molar-refractivity contribution >= 4 is 35.2 Å². The van der Waals surface area contributed by atoms with Gasteiger partial charge in [0.2, 0.25) is 5.95 Å². The van der Waals surface area contributed by atoms with Crippen LogP contribution in [-0.4, -0.2) is 44.7 Å². The topological polar surface area (TPSA) is 96.4 Å². The van der Waals surface area contributed by atoms with Gasteiger partial charge >= 0.3 is 5.97 Å². The lowest BCUT2D eigenvalue weighted by molar-refractivity contribution is -0.143. The Hall–Kier alpha value is -2.55. The summed E-state index contributed by atoms with van der Waals surface area (Å²) in [5.41, 5.74) is 0.729. The van der Waals surface area contributed by atoms with E-state index in [4.69, 9.17) is 4.74 Å². The zero-order valence-corrected chi connectivity index (χ0v) is 16.4. The Morgan fingerprint density at radius 3 is 3.10 bits per heavy atom. The number of nitrogens with one attached hydrogen (secondary N) is 2. The monoisotopic (exact) mass is 416 g/mol. The Kier molecular flexibility index (Phi) is 4.69. The Bertz CT molecular complexity index is 946. The molecule has 6 bridgehead atoms. The first-order chi connectivity index (χ1) is 14.1. The van der Waals surface area contributed by atoms with Crippen LogP contribution in [0.15, 0.2) is 30.5 Å². The summed E-state index contributed by atoms with van der Waals surface area (Å²) in [6, 6.07) is 7.09. The minimum atomic E-state index is -0.830. The summed E-state index contributed by atoms with van der Waals surface area (Å²) in [7, 11) is 0. The van der Waals surface area contributed by atoms with Gasteiger partial charge in [-0.05, 0) is 36.8 Å². The van der Waals surface area contributed by atoms with Gasteiger partial charge in [0.1, 0.15) is 5.75 Å². The van der Waals surface area contributed by atoms with Crippen LogP contribution in [0.4, 0.5) is 21.8 Å². The molecule has 5 atom stereocenters. The smallest absolute Gasteiger partial charge is 0.308 e. The molecule has 5 rings (SSSR count). The molecule has 0 radical (unpaired) electrons. The SMILES string of the molecule is O=C(O)C1C2CC3SCCOc4cccc(c4)Nc4ncc(F)c(n4)NC1C3C2. The lowest BCUT2D eigenvalue weighted by Crippen LogP contribution is -2.44. The van der Waals surface area contributed by atoms with Crippen LogP contribution in [0.1, 0.15) is 12.8 Å². The number of carboxylic acids is 1. The van der Waals surface area contributed by atoms with E-state index in [2.05, 4.69) is 20.6 Å². The quantitative estimate of drug-likeness (QED) is 0.651. The molecule has 0 amide bonds. The Balaban J connectivity index is 1.51. The van der Waals surface area contributed by atoms with E-state index in [1.54, 1.807) is 0 Å². The fourth-order valence-corrected chi connectivity index (χ4v) is 6.28. The number of nitrogens with zero attached hydrogens (tertiary/aromatic N) is 2. The zero-order valence-electron chi connectivity index (χ0n) is 15.5. The van der Waals surface area contributed by atoms with E-state index in [9.17, 15) is 14.3 Å². The molecule has 2 fully saturated rings. The number of benzene rings is 1. The molecule has 2 aromatic rings. The number of fused-ring (bicyclic) bond motifs is 5. The third kappa shape index (κ3) is 3.48. The standard InChI is InChI=1S/C20H21FN4O3S/c21-14-9-22-20-23-11-2-1-3-12(8-11)28-4-5-29-15-7-10-6-13(15)17(16(10)19(26)27)24-18(14)25-20/h1-3,8-10,13,15-17H,4-7H2,(H,26,27)(H2,22,23,24,25). The van der Waals surface area contributed by atoms with Crippen LogP contribution in [0.3, 0.4) is 0 Å². The van der Waals surface area contributed by atoms with Crippen LogP contribution in [0.25, 0.3) is 0 Å². The number of rotatable bonds is 1. The lowest BCUT2D eigenvalue weighted by Gasteiger charge is -2.34. The number of hydrogen-bond donors (Lipinski definition) is 3. The summed E-state index contributed by atoms with van der Waals surface area (Å²) in [5.74, 6) is 0.130. The van der Waals surface area contributed by atoms with Crippen molar-refractivity contribution in [3.8, 4) is 5.75 Å². The number of anilines is 3. The van der Waals surface area contributed by atoms with Crippen LogP contribution < -0.4 is 15.4 Å². The number of hydrogen-bond acceptors (Lipinski definition) is 7. The predicted octanol–water partition coefficient (Wildman–Crippen LogP) is 3.37. The van der Waals surface area contributed by atoms with E-state index >= 15 is 0 Å². The molecular formula is C20H21FN4O3S. The molecule has 7 nitrogen and oxygen atoms in total. The van der Waals surface area contributed by atoms with Gasteiger partial charge in [-0.2, -0.15) is 16.7 Å². The van der Waals surface area contributed by atoms with Gasteiger partial charge < -0.3 is 20.5 Å². The molecule has 2 aliphatic carbocycles. The van der Waals surface area contributed by atoms with Crippen LogP contribution in [-0.2, 0) is 4.79 Å². The van der Waals surface area contributed by atoms with E-state index in [1.807, 2.05) is 36.0 Å². The van der Waals surface area contributed by atoms with E-state index in [0.29, 0.717) is 11.9 Å². The van der Waals surface area contributed by atoms with Crippen molar-refractivity contribution in [2.75, 3.05) is 23.0 Å². The van der Waals surface area contributed by atoms with Crippen molar-refractivity contribution in [1.29, 1.82) is 0 Å². The number of carboxylic acid groups (broad SMARTS) is 1. The predicted molar refractivity (Wildman–Crippen MR) is 108 cm³/mol. The molecule has 9 heteroatoms. The molecule has 0 spiro atoms. The van der Waals surface area contributed by atoms with Crippen LogP contribution >= 0.6 is 11.8 Å². The van der Waals surface area contributed by atoms with Crippen LogP contribution in [0.2, 0.25) is 0 Å². The van der Waals surface area contributed by atoms with Crippen molar-refractivity contribution in [1.82, 2.24) is 9.97 Å². The molecule has 3 aliphatic rings. The second-order valence-electron chi connectivity index (χ2n) is 7.73. The highest BCUT2D eigenvalue weighted by Crippen LogP contribution is 2.53. The molecule has 1 aliphatic heterocycles. The van der Waals surface area contributed by atoms with Crippen molar-refractivity contribution in [2.24, 2.45) is 17.8 Å². The molecule has 2 heterocycles. The number of ether oxygens (including phenoxy) is 1. The first kappa shape index (κ1) is 18.5. The maximum absolute atomic E-state index is 14.5. The molecule has 5 unspecified atom stereocenters. The molecule has 0 saturated heterocycles. The fourth-order valence-electron chi connectivity index (χ4n) is 4.88. The van der Waals surface area contributed by atoms with Crippen molar-refractivity contribution in [3.63, 3.8) is 0 Å². The van der Waals surface area contributed by atoms with Crippen molar-refractivity contribution in [2.45, 2.75) is 24.1 Å². The molecule has 3 N–H and O–H groups in total. The Labute approximate surface area is 171 Å². The molecule has 1 aromatic heterocycles. The highest BCUT2D eigenvalue weighted by Gasteiger charge is 2.55. The minimum absolute atomic E-state index is 0.0392. The highest BCUT2D eigenvalue weighted by molar-refractivity contribution is 7.99. The normalized spacial score (nSPS) is 30.3. The molecular weight excluding hydrogens is 395 g/mol. The number of aromatic nitrogens is 2. The Morgan fingerprint density at radius 2 is 2.24 bits per heavy atom. The average molecular weight is 416 g/mol. The zero-order chi connectivity index (χ0) is 20.0. The summed E-state index contributed by atoms with van der Waals surface area (Å²) < 4.78 is 20.3. The van der Waals surface area contributed by atoms with Crippen LogP contribution in [0, 0.1) is 23.6 Å². The fraction of sp³-hybridized carbons (Fsp3) is 0.450. The van der Waals surface area contributed by atoms with Gasteiger partial charge in [-0.25, -0.2) is 9.37 Å². The van der Waals surface area contributed by atoms with E-state index in [-0.39, 0.29) is 29.6 Å². The van der Waals surface area contributed by atoms with E-state index in [1.165, 1.54) is 0 Å². The number of halogens is 1. The van der Waals surface area contributed by atoms with Gasteiger partial charge in [0.05, 0.1) is 18.7 Å². The van der Waals surface area contributed by atoms with Gasteiger partial charge in [-0.1, -0.05) is 6.07 Å². The largest absolute Gasteiger partial charge is 0.493 e. The number of thioether (sulfide) groups is 1. The Morgan fingerprint density at radius 1 is 1.34 bits per heavy atom. The molecule has 1 aromatic carbocycles. The summed E-state index contributed by atoms with van der Waals surface area (Å²) in [5, 5.41) is 16.3.